The van der Waals surface area contributed by atoms with Crippen LogP contribution in [0.2, 0.25) is 0 Å². The van der Waals surface area contributed by atoms with Crippen LogP contribution in [0, 0.1) is 47.9 Å². The van der Waals surface area contributed by atoms with Gasteiger partial charge >= 0.3 is 29.6 Å². The second kappa shape index (κ2) is 21.4. The first-order valence-electron chi connectivity index (χ1n) is 15.6. The molecule has 0 bridgehead atoms. The molecule has 5 rings (SSSR count). The van der Waals surface area contributed by atoms with Crippen LogP contribution in [0.5, 0.6) is 11.5 Å². The van der Waals surface area contributed by atoms with Gasteiger partial charge in [0.05, 0.1) is 37.0 Å². The van der Waals surface area contributed by atoms with Crippen LogP contribution < -0.4 is 55.6 Å². The van der Waals surface area contributed by atoms with Gasteiger partial charge < -0.3 is 30.6 Å². The average molecular weight is 753 g/mol. The Kier molecular flexibility index (Phi) is 17.7. The van der Waals surface area contributed by atoms with Gasteiger partial charge in [-0.3, -0.25) is 29.8 Å². The van der Waals surface area contributed by atoms with E-state index in [4.69, 9.17) is 25.3 Å². The Bertz CT molecular complexity index is 1950. The third kappa shape index (κ3) is 12.5. The second-order valence-electron chi connectivity index (χ2n) is 11.4. The molecular weight excluding hydrogens is 717 g/mol. The molecular formula is C32H35F2N8NaO10. The minimum absolute atomic E-state index is 0. The maximum absolute atomic E-state index is 13.9. The summed E-state index contributed by atoms with van der Waals surface area (Å²) in [6.45, 7) is 0.409. The van der Waals surface area contributed by atoms with Crippen molar-refractivity contribution >= 4 is 22.5 Å². The maximum atomic E-state index is 13.9. The van der Waals surface area contributed by atoms with Crippen molar-refractivity contribution in [3.05, 3.63) is 118 Å². The van der Waals surface area contributed by atoms with Crippen LogP contribution in [-0.4, -0.2) is 63.6 Å². The zero-order valence-electron chi connectivity index (χ0n) is 29.0. The summed E-state index contributed by atoms with van der Waals surface area (Å²) in [7, 11) is 2.91. The molecule has 1 aliphatic rings. The fourth-order valence-electron chi connectivity index (χ4n) is 5.42. The first kappa shape index (κ1) is 44.0. The molecule has 0 aliphatic heterocycles. The van der Waals surface area contributed by atoms with Crippen molar-refractivity contribution in [3.63, 3.8) is 0 Å². The van der Waals surface area contributed by atoms with Gasteiger partial charge in [-0.15, -0.1) is 10.4 Å². The first-order valence-corrected chi connectivity index (χ1v) is 15.6. The van der Waals surface area contributed by atoms with E-state index in [2.05, 4.69) is 15.6 Å². The van der Waals surface area contributed by atoms with E-state index in [0.717, 1.165) is 10.0 Å². The molecule has 0 radical (unpaired) electrons. The molecule has 4 aromatic rings. The fraction of sp³-hybridized carbons (Fsp3) is 0.375. The Morgan fingerprint density at radius 3 is 2.09 bits per heavy atom. The Labute approximate surface area is 322 Å². The molecule has 1 fully saturated rings. The van der Waals surface area contributed by atoms with Crippen LogP contribution >= 0.6 is 0 Å². The molecule has 0 saturated heterocycles. The number of fused-ring (bicyclic) bond motifs is 1. The van der Waals surface area contributed by atoms with Crippen molar-refractivity contribution in [2.45, 2.75) is 50.7 Å². The number of nitrogens with one attached hydrogen (secondary N) is 1. The molecule has 1 saturated carbocycles. The number of carbonyl (C=O) groups excluding carboxylic acids is 1. The van der Waals surface area contributed by atoms with E-state index in [9.17, 15) is 38.6 Å². The quantitative estimate of drug-likeness (QED) is 0.0922. The third-order valence-electron chi connectivity index (χ3n) is 8.23. The number of nitro benzene ring substituents is 1. The molecule has 1 aliphatic carbocycles. The van der Waals surface area contributed by atoms with Crippen molar-refractivity contribution < 1.29 is 62.5 Å². The molecule has 0 spiro atoms. The number of aryl methyl sites for hydroxylation is 2. The first-order chi connectivity index (χ1) is 24.8. The number of nitrogens with zero attached hydrogens (tertiary/aromatic N) is 6. The van der Waals surface area contributed by atoms with Crippen molar-refractivity contribution in [1.29, 1.82) is 0 Å². The van der Waals surface area contributed by atoms with Gasteiger partial charge in [0.25, 0.3) is 11.2 Å². The maximum Gasteiger partial charge on any atom is 1.00 e. The Hall–Kier alpha value is -5.18. The van der Waals surface area contributed by atoms with E-state index in [1.165, 1.54) is 44.6 Å². The van der Waals surface area contributed by atoms with Gasteiger partial charge in [-0.2, -0.15) is 0 Å². The largest absolute Gasteiger partial charge is 1.00 e. The minimum atomic E-state index is -0.669. The zero-order chi connectivity index (χ0) is 38.4. The van der Waals surface area contributed by atoms with Gasteiger partial charge in [0, 0.05) is 54.6 Å². The number of nitrogens with two attached hydrogens (primary N) is 1. The fourth-order valence-corrected chi connectivity index (χ4v) is 5.42. The van der Waals surface area contributed by atoms with Gasteiger partial charge in [-0.25, -0.2) is 13.5 Å². The number of halogens is 2. The number of ether oxygens (including phenoxy) is 2. The van der Waals surface area contributed by atoms with Gasteiger partial charge in [-0.05, 0) is 48.6 Å². The predicted molar refractivity (Wildman–Crippen MR) is 182 cm³/mol. The molecule has 1 aromatic heterocycles. The average Bonchev–Trinajstić information content (AvgIpc) is 3.12. The van der Waals surface area contributed by atoms with E-state index in [-0.39, 0.29) is 88.7 Å². The molecule has 1 amide bonds. The van der Waals surface area contributed by atoms with Crippen molar-refractivity contribution in [3.8, 4) is 11.5 Å². The van der Waals surface area contributed by atoms with E-state index in [0.29, 0.717) is 41.9 Å². The Morgan fingerprint density at radius 1 is 1.00 bits per heavy atom. The summed E-state index contributed by atoms with van der Waals surface area (Å²) >= 11 is 0. The van der Waals surface area contributed by atoms with Crippen molar-refractivity contribution in [1.82, 2.24) is 20.3 Å². The molecule has 3 atom stereocenters. The van der Waals surface area contributed by atoms with Crippen LogP contribution in [0.3, 0.4) is 0 Å². The predicted octanol–water partition coefficient (Wildman–Crippen LogP) is 0.610. The number of rotatable bonds is 11. The number of amides is 1. The summed E-state index contributed by atoms with van der Waals surface area (Å²) in [5, 5.41) is 41.1. The molecule has 21 heteroatoms. The molecule has 278 valence electrons. The van der Waals surface area contributed by atoms with E-state index in [1.54, 1.807) is 24.3 Å². The summed E-state index contributed by atoms with van der Waals surface area (Å²) < 4.78 is 38.8. The smallest absolute Gasteiger partial charge is 0.497 e. The number of nitro groups is 2. The second-order valence-corrected chi connectivity index (χ2v) is 11.4. The molecule has 3 aromatic carbocycles. The molecule has 53 heavy (non-hydrogen) atoms. The van der Waals surface area contributed by atoms with Crippen LogP contribution in [-0.2, 0) is 24.2 Å². The van der Waals surface area contributed by atoms with Gasteiger partial charge in [0.15, 0.2) is 0 Å². The van der Waals surface area contributed by atoms with E-state index in [1.807, 2.05) is 0 Å². The molecule has 1 heterocycles. The number of benzene rings is 3. The summed E-state index contributed by atoms with van der Waals surface area (Å²) in [5.41, 5.74) is 6.35. The van der Waals surface area contributed by atoms with Crippen LogP contribution in [0.15, 0.2) is 64.7 Å². The van der Waals surface area contributed by atoms with Gasteiger partial charge in [-0.1, -0.05) is 17.3 Å². The number of carbonyl (C=O) groups is 1. The topological polar surface area (TPSA) is 260 Å². The number of non-ortho nitro benzene ring substituents is 1. The number of hydrogen-bond donors (Lipinski definition) is 2. The van der Waals surface area contributed by atoms with Crippen molar-refractivity contribution in [2.24, 2.45) is 17.0 Å². The van der Waals surface area contributed by atoms with Gasteiger partial charge in [0.1, 0.15) is 28.7 Å². The van der Waals surface area contributed by atoms with Gasteiger partial charge in [0.2, 0.25) is 11.9 Å². The normalized spacial score (nSPS) is 16.0. The van der Waals surface area contributed by atoms with Crippen LogP contribution in [0.4, 0.5) is 14.5 Å². The monoisotopic (exact) mass is 752 g/mol. The zero-order valence-corrected chi connectivity index (χ0v) is 31.0. The van der Waals surface area contributed by atoms with Crippen molar-refractivity contribution in [2.75, 3.05) is 20.8 Å². The Balaban J connectivity index is 0.000000336. The molecule has 18 nitrogen and oxygen atoms in total. The summed E-state index contributed by atoms with van der Waals surface area (Å²) in [6, 6.07) is 11.6. The molecule has 3 N–H and O–H groups in total. The molecule has 3 unspecified atom stereocenters. The minimum Gasteiger partial charge on any atom is -0.497 e. The number of aromatic nitrogens is 3. The summed E-state index contributed by atoms with van der Waals surface area (Å²) in [6.07, 6.45) is 1.55. The van der Waals surface area contributed by atoms with Crippen LogP contribution in [0.1, 0.15) is 30.4 Å². The Morgan fingerprint density at radius 2 is 1.58 bits per heavy atom. The number of hydrogen-bond acceptors (Lipinski definition) is 14. The van der Waals surface area contributed by atoms with E-state index < -0.39 is 34.3 Å². The SMILES string of the molecule is COc1ccc(CCNC(=O)C2CCC([N+](=O)[O-])CC2N)c(F)c1.COc1ccc(CCn2nnc3cc([N+](=O)[O-])ccc3c2=O)c(F)c1.O=N[O-].[Na+]. The van der Waals surface area contributed by atoms with E-state index >= 15 is 0 Å². The summed E-state index contributed by atoms with van der Waals surface area (Å²) in [5.74, 6) is -0.622. The third-order valence-corrected chi connectivity index (χ3v) is 8.23. The van der Waals surface area contributed by atoms with Crippen LogP contribution in [0.25, 0.3) is 10.9 Å². The summed E-state index contributed by atoms with van der Waals surface area (Å²) in [4.78, 5) is 53.2. The standard InChI is InChI=1S/C16H13FN4O4.C16H22FN3O4.HNO2.Na/c1-25-12-4-2-10(14(17)9-12)6-7-20-16(22)13-5-3-11(21(23)24)8-15(13)18-19-20;1-24-12-4-2-10(14(17)9-12)6-7-19-16(21)13-5-3-11(20(22)23)8-15(13)18;2-1-3;/h2-5,8-9H,6-7H2,1H3;2,4,9,11,13,15H,3,5-8,18H2,1H3,(H,19,21);(H,2,3);/q;;;+1/p-1. The number of methoxy groups -OCH3 is 2.